The minimum absolute atomic E-state index is 1.04. The SMILES string of the molecule is CC1=CSNC(c2cccc3ncccc23)=C1C. The number of fused-ring (bicyclic) bond motifs is 1. The van der Waals surface area contributed by atoms with Crippen LogP contribution in [-0.4, -0.2) is 4.98 Å². The summed E-state index contributed by atoms with van der Waals surface area (Å²) in [5.74, 6) is 0. The van der Waals surface area contributed by atoms with Crippen LogP contribution < -0.4 is 4.72 Å². The van der Waals surface area contributed by atoms with Gasteiger partial charge < -0.3 is 4.72 Å². The normalized spacial score (nSPS) is 15.6. The molecule has 1 aliphatic rings. The van der Waals surface area contributed by atoms with Crippen molar-refractivity contribution < 1.29 is 0 Å². The molecule has 1 aromatic heterocycles. The number of pyridine rings is 1. The Morgan fingerprint density at radius 1 is 1.11 bits per heavy atom. The molecule has 2 aromatic rings. The fraction of sp³-hybridized carbons (Fsp3) is 0.133. The molecule has 3 heteroatoms. The first-order valence-corrected chi connectivity index (χ1v) is 6.79. The Hall–Kier alpha value is -1.74. The highest BCUT2D eigenvalue weighted by molar-refractivity contribution is 8.00. The first-order valence-electron chi connectivity index (χ1n) is 5.91. The lowest BCUT2D eigenvalue weighted by Gasteiger charge is -2.19. The quantitative estimate of drug-likeness (QED) is 0.775. The highest BCUT2D eigenvalue weighted by Gasteiger charge is 2.13. The van der Waals surface area contributed by atoms with E-state index in [1.54, 1.807) is 11.9 Å². The maximum absolute atomic E-state index is 4.41. The smallest absolute Gasteiger partial charge is 0.0708 e. The maximum Gasteiger partial charge on any atom is 0.0708 e. The number of rotatable bonds is 1. The van der Waals surface area contributed by atoms with Gasteiger partial charge in [-0.1, -0.05) is 18.2 Å². The standard InChI is InChI=1S/C15H14N2S/c1-10-9-18-17-15(11(10)2)13-5-3-7-14-12(13)6-4-8-16-14/h3-9,17H,1-2H3. The third-order valence-corrected chi connectivity index (χ3v) is 4.07. The molecule has 0 radical (unpaired) electrons. The Labute approximate surface area is 111 Å². The Morgan fingerprint density at radius 3 is 2.89 bits per heavy atom. The molecule has 0 atom stereocenters. The van der Waals surface area contributed by atoms with Gasteiger partial charge in [0.05, 0.1) is 11.2 Å². The average Bonchev–Trinajstić information content (AvgIpc) is 2.41. The summed E-state index contributed by atoms with van der Waals surface area (Å²) in [6.45, 7) is 4.30. The van der Waals surface area contributed by atoms with Crippen LogP contribution in [0.3, 0.4) is 0 Å². The number of hydrogen-bond donors (Lipinski definition) is 1. The molecular formula is C15H14N2S. The van der Waals surface area contributed by atoms with E-state index >= 15 is 0 Å². The van der Waals surface area contributed by atoms with Crippen LogP contribution in [0.1, 0.15) is 19.4 Å². The number of hydrogen-bond acceptors (Lipinski definition) is 3. The molecular weight excluding hydrogens is 240 g/mol. The summed E-state index contributed by atoms with van der Waals surface area (Å²) in [6, 6.07) is 10.4. The lowest BCUT2D eigenvalue weighted by Crippen LogP contribution is -2.09. The van der Waals surface area contributed by atoms with Crippen LogP contribution in [0.25, 0.3) is 16.6 Å². The topological polar surface area (TPSA) is 24.9 Å². The fourth-order valence-electron chi connectivity index (χ4n) is 2.12. The second kappa shape index (κ2) is 4.50. The fourth-order valence-corrected chi connectivity index (χ4v) is 2.91. The third kappa shape index (κ3) is 1.81. The summed E-state index contributed by atoms with van der Waals surface area (Å²) < 4.78 is 3.40. The van der Waals surface area contributed by atoms with Crippen molar-refractivity contribution in [2.45, 2.75) is 13.8 Å². The van der Waals surface area contributed by atoms with Gasteiger partial charge in [-0.25, -0.2) is 0 Å². The molecule has 0 fully saturated rings. The van der Waals surface area contributed by atoms with Crippen molar-refractivity contribution in [1.29, 1.82) is 0 Å². The van der Waals surface area contributed by atoms with Crippen LogP contribution in [0.4, 0.5) is 0 Å². The van der Waals surface area contributed by atoms with E-state index in [0.29, 0.717) is 0 Å². The number of nitrogens with zero attached hydrogens (tertiary/aromatic N) is 1. The predicted octanol–water partition coefficient (Wildman–Crippen LogP) is 4.12. The van der Waals surface area contributed by atoms with E-state index in [-0.39, 0.29) is 0 Å². The maximum atomic E-state index is 4.41. The molecule has 0 saturated carbocycles. The summed E-state index contributed by atoms with van der Waals surface area (Å²) in [7, 11) is 0. The lowest BCUT2D eigenvalue weighted by molar-refractivity contribution is 1.27. The highest BCUT2D eigenvalue weighted by Crippen LogP contribution is 2.32. The Bertz CT molecular complexity index is 666. The predicted molar refractivity (Wildman–Crippen MR) is 78.8 cm³/mol. The van der Waals surface area contributed by atoms with Crippen LogP contribution in [0.5, 0.6) is 0 Å². The van der Waals surface area contributed by atoms with Crippen molar-refractivity contribution in [3.05, 3.63) is 58.6 Å². The molecule has 0 unspecified atom stereocenters. The molecule has 1 N–H and O–H groups in total. The van der Waals surface area contributed by atoms with Crippen LogP contribution in [-0.2, 0) is 0 Å². The van der Waals surface area contributed by atoms with E-state index in [9.17, 15) is 0 Å². The molecule has 0 spiro atoms. The van der Waals surface area contributed by atoms with Crippen LogP contribution in [0, 0.1) is 0 Å². The van der Waals surface area contributed by atoms with Gasteiger partial charge >= 0.3 is 0 Å². The van der Waals surface area contributed by atoms with Gasteiger partial charge in [0.1, 0.15) is 0 Å². The molecule has 0 saturated heterocycles. The van der Waals surface area contributed by atoms with Gasteiger partial charge in [-0.05, 0) is 54.5 Å². The van der Waals surface area contributed by atoms with E-state index in [2.05, 4.69) is 47.2 Å². The monoisotopic (exact) mass is 254 g/mol. The summed E-state index contributed by atoms with van der Waals surface area (Å²) in [6.07, 6.45) is 1.83. The molecule has 0 aliphatic carbocycles. The molecule has 1 aromatic carbocycles. The van der Waals surface area contributed by atoms with Gasteiger partial charge in [0.15, 0.2) is 0 Å². The van der Waals surface area contributed by atoms with Crippen LogP contribution in [0.2, 0.25) is 0 Å². The molecule has 0 bridgehead atoms. The highest BCUT2D eigenvalue weighted by atomic mass is 32.2. The lowest BCUT2D eigenvalue weighted by atomic mass is 10.00. The first kappa shape index (κ1) is 11.4. The molecule has 0 amide bonds. The second-order valence-corrected chi connectivity index (χ2v) is 5.07. The van der Waals surface area contributed by atoms with Crippen molar-refractivity contribution in [1.82, 2.24) is 9.71 Å². The van der Waals surface area contributed by atoms with E-state index in [1.807, 2.05) is 18.3 Å². The summed E-state index contributed by atoms with van der Waals surface area (Å²) >= 11 is 1.63. The molecule has 90 valence electrons. The van der Waals surface area contributed by atoms with Crippen molar-refractivity contribution >= 4 is 28.5 Å². The molecule has 18 heavy (non-hydrogen) atoms. The van der Waals surface area contributed by atoms with Crippen molar-refractivity contribution in [2.24, 2.45) is 0 Å². The van der Waals surface area contributed by atoms with E-state index in [4.69, 9.17) is 0 Å². The van der Waals surface area contributed by atoms with Crippen LogP contribution >= 0.6 is 11.9 Å². The number of allylic oxidation sites excluding steroid dienone is 2. The molecule has 2 heterocycles. The van der Waals surface area contributed by atoms with E-state index in [0.717, 1.165) is 5.52 Å². The van der Waals surface area contributed by atoms with Crippen molar-refractivity contribution in [2.75, 3.05) is 0 Å². The Balaban J connectivity index is 2.27. The van der Waals surface area contributed by atoms with Crippen LogP contribution in [0.15, 0.2) is 53.1 Å². The zero-order chi connectivity index (χ0) is 12.5. The van der Waals surface area contributed by atoms with Gasteiger partial charge in [-0.15, -0.1) is 0 Å². The third-order valence-electron chi connectivity index (χ3n) is 3.28. The summed E-state index contributed by atoms with van der Waals surface area (Å²) in [5.41, 5.74) is 6.06. The Morgan fingerprint density at radius 2 is 2.00 bits per heavy atom. The summed E-state index contributed by atoms with van der Waals surface area (Å²) in [5, 5.41) is 3.33. The molecule has 2 nitrogen and oxygen atoms in total. The van der Waals surface area contributed by atoms with Gasteiger partial charge in [-0.3, -0.25) is 4.98 Å². The van der Waals surface area contributed by atoms with Gasteiger partial charge in [-0.2, -0.15) is 0 Å². The second-order valence-electron chi connectivity index (χ2n) is 4.40. The number of aromatic nitrogens is 1. The van der Waals surface area contributed by atoms with Gasteiger partial charge in [0.2, 0.25) is 0 Å². The first-order chi connectivity index (χ1) is 8.77. The largest absolute Gasteiger partial charge is 0.325 e. The number of nitrogens with one attached hydrogen (secondary N) is 1. The Kier molecular flexibility index (Phi) is 2.84. The zero-order valence-electron chi connectivity index (χ0n) is 10.4. The minimum Gasteiger partial charge on any atom is -0.325 e. The minimum atomic E-state index is 1.04. The average molecular weight is 254 g/mol. The van der Waals surface area contributed by atoms with Crippen molar-refractivity contribution in [3.8, 4) is 0 Å². The van der Waals surface area contributed by atoms with Crippen molar-refractivity contribution in [3.63, 3.8) is 0 Å². The molecule has 1 aliphatic heterocycles. The van der Waals surface area contributed by atoms with E-state index in [1.165, 1.54) is 27.8 Å². The van der Waals surface area contributed by atoms with Gasteiger partial charge in [0, 0.05) is 17.1 Å². The van der Waals surface area contributed by atoms with E-state index < -0.39 is 0 Å². The zero-order valence-corrected chi connectivity index (χ0v) is 11.2. The molecule has 3 rings (SSSR count). The number of benzene rings is 1. The van der Waals surface area contributed by atoms with Gasteiger partial charge in [0.25, 0.3) is 0 Å². The summed E-state index contributed by atoms with van der Waals surface area (Å²) in [4.78, 5) is 4.41.